The predicted octanol–water partition coefficient (Wildman–Crippen LogP) is 5.79. The van der Waals surface area contributed by atoms with E-state index >= 15 is 0 Å². The van der Waals surface area contributed by atoms with Gasteiger partial charge in [-0.2, -0.15) is 0 Å². The van der Waals surface area contributed by atoms with Crippen molar-refractivity contribution in [2.75, 3.05) is 5.32 Å². The van der Waals surface area contributed by atoms with Crippen LogP contribution in [0.1, 0.15) is 43.7 Å². The average molecular weight is 493 g/mol. The molecule has 1 heterocycles. The van der Waals surface area contributed by atoms with Crippen LogP contribution in [0.15, 0.2) is 97.1 Å². The van der Waals surface area contributed by atoms with Crippen LogP contribution in [-0.4, -0.2) is 21.4 Å². The van der Waals surface area contributed by atoms with E-state index < -0.39 is 17.8 Å². The molecule has 0 fully saturated rings. The number of aromatic nitrogens is 2. The third kappa shape index (κ3) is 4.84. The molecule has 1 atom stereocenters. The maximum absolute atomic E-state index is 14.1. The van der Waals surface area contributed by atoms with E-state index in [9.17, 15) is 14.0 Å². The van der Waals surface area contributed by atoms with Gasteiger partial charge in [-0.15, -0.1) is 0 Å². The summed E-state index contributed by atoms with van der Waals surface area (Å²) in [5.74, 6) is -0.830. The Morgan fingerprint density at radius 3 is 2.32 bits per heavy atom. The second kappa shape index (κ2) is 10.1. The summed E-state index contributed by atoms with van der Waals surface area (Å²) in [5, 5.41) is 5.84. The Bertz CT molecular complexity index is 1610. The zero-order valence-electron chi connectivity index (χ0n) is 20.4. The van der Waals surface area contributed by atoms with Crippen molar-refractivity contribution in [3.05, 3.63) is 131 Å². The topological polar surface area (TPSA) is 76.0 Å². The van der Waals surface area contributed by atoms with Gasteiger partial charge in [-0.3, -0.25) is 9.59 Å². The molecule has 6 nitrogen and oxygen atoms in total. The fourth-order valence-corrected chi connectivity index (χ4v) is 4.31. The minimum atomic E-state index is -0.611. The summed E-state index contributed by atoms with van der Waals surface area (Å²) >= 11 is 0. The molecule has 0 radical (unpaired) electrons. The van der Waals surface area contributed by atoms with Crippen LogP contribution in [0.4, 0.5) is 10.1 Å². The van der Waals surface area contributed by atoms with Crippen molar-refractivity contribution >= 4 is 28.5 Å². The summed E-state index contributed by atoms with van der Waals surface area (Å²) in [5.41, 5.74) is 4.15. The van der Waals surface area contributed by atoms with E-state index in [0.29, 0.717) is 17.1 Å². The highest BCUT2D eigenvalue weighted by Gasteiger charge is 2.24. The minimum Gasteiger partial charge on any atom is -0.338 e. The predicted molar refractivity (Wildman–Crippen MR) is 142 cm³/mol. The lowest BCUT2D eigenvalue weighted by molar-refractivity contribution is 0.0940. The number of nitrogens with zero attached hydrogens (tertiary/aromatic N) is 2. The molecule has 7 heteroatoms. The normalized spacial score (nSPS) is 11.8. The number of nitrogens with one attached hydrogen (secondary N) is 2. The van der Waals surface area contributed by atoms with E-state index in [4.69, 9.17) is 4.98 Å². The molecule has 5 aromatic rings. The Morgan fingerprint density at radius 2 is 1.57 bits per heavy atom. The van der Waals surface area contributed by atoms with Gasteiger partial charge in [0.2, 0.25) is 0 Å². The molecule has 0 saturated heterocycles. The van der Waals surface area contributed by atoms with E-state index in [0.717, 1.165) is 22.2 Å². The van der Waals surface area contributed by atoms with E-state index in [2.05, 4.69) is 10.6 Å². The van der Waals surface area contributed by atoms with E-state index in [1.807, 2.05) is 73.1 Å². The van der Waals surface area contributed by atoms with Crippen molar-refractivity contribution in [1.82, 2.24) is 14.9 Å². The van der Waals surface area contributed by atoms with Crippen LogP contribution < -0.4 is 10.6 Å². The molecule has 0 saturated carbocycles. The van der Waals surface area contributed by atoms with Gasteiger partial charge >= 0.3 is 0 Å². The van der Waals surface area contributed by atoms with Gasteiger partial charge in [0.05, 0.1) is 16.6 Å². The van der Waals surface area contributed by atoms with Crippen LogP contribution in [0.5, 0.6) is 0 Å². The first kappa shape index (κ1) is 23.9. The molecule has 37 heavy (non-hydrogen) atoms. The van der Waals surface area contributed by atoms with Gasteiger partial charge in [-0.25, -0.2) is 9.37 Å². The van der Waals surface area contributed by atoms with Crippen molar-refractivity contribution < 1.29 is 14.0 Å². The number of halogens is 1. The van der Waals surface area contributed by atoms with Gasteiger partial charge in [0, 0.05) is 18.3 Å². The number of benzene rings is 4. The summed E-state index contributed by atoms with van der Waals surface area (Å²) < 4.78 is 16.1. The number of fused-ring (bicyclic) bond motifs is 1. The first-order valence-electron chi connectivity index (χ1n) is 11.9. The van der Waals surface area contributed by atoms with E-state index in [-0.39, 0.29) is 11.5 Å². The van der Waals surface area contributed by atoms with Gasteiger partial charge in [0.25, 0.3) is 11.8 Å². The Kier molecular flexibility index (Phi) is 6.51. The minimum absolute atomic E-state index is 0.0669. The number of carbonyl (C=O) groups excluding carboxylic acids is 2. The summed E-state index contributed by atoms with van der Waals surface area (Å²) in [6, 6.07) is 27.7. The van der Waals surface area contributed by atoms with Crippen LogP contribution >= 0.6 is 0 Å². The SMILES string of the molecule is Cc1ccc(C(=O)NC(c2ccccc2)c2nc3ccccc3n2C)cc1NC(=O)c1ccccc1F. The molecular weight excluding hydrogens is 467 g/mol. The number of carbonyl (C=O) groups is 2. The Balaban J connectivity index is 1.46. The Hall–Kier alpha value is -4.78. The zero-order chi connectivity index (χ0) is 25.9. The second-order valence-corrected chi connectivity index (χ2v) is 8.80. The van der Waals surface area contributed by atoms with Gasteiger partial charge in [-0.05, 0) is 54.4 Å². The molecule has 0 bridgehead atoms. The number of imidazole rings is 1. The molecule has 184 valence electrons. The average Bonchev–Trinajstić information content (AvgIpc) is 3.25. The van der Waals surface area contributed by atoms with Gasteiger partial charge in [0.1, 0.15) is 17.7 Å². The highest BCUT2D eigenvalue weighted by atomic mass is 19.1. The van der Waals surface area contributed by atoms with Crippen molar-refractivity contribution in [3.63, 3.8) is 0 Å². The standard InChI is InChI=1S/C30H25FN4O2/c1-19-16-17-21(18-25(19)33-30(37)22-12-6-7-13-23(22)31)29(36)34-27(20-10-4-3-5-11-20)28-32-24-14-8-9-15-26(24)35(28)2/h3-18,27H,1-2H3,(H,33,37)(H,34,36). The van der Waals surface area contributed by atoms with Crippen LogP contribution in [0.25, 0.3) is 11.0 Å². The maximum Gasteiger partial charge on any atom is 0.258 e. The number of rotatable bonds is 6. The number of hydrogen-bond donors (Lipinski definition) is 2. The van der Waals surface area contributed by atoms with Crippen LogP contribution in [-0.2, 0) is 7.05 Å². The Morgan fingerprint density at radius 1 is 0.865 bits per heavy atom. The molecule has 0 aliphatic carbocycles. The monoisotopic (exact) mass is 492 g/mol. The third-order valence-electron chi connectivity index (χ3n) is 6.35. The van der Waals surface area contributed by atoms with E-state index in [1.165, 1.54) is 18.2 Å². The maximum atomic E-state index is 14.1. The van der Waals surface area contributed by atoms with Gasteiger partial charge in [-0.1, -0.05) is 60.7 Å². The van der Waals surface area contributed by atoms with Crippen molar-refractivity contribution in [2.45, 2.75) is 13.0 Å². The first-order valence-corrected chi connectivity index (χ1v) is 11.9. The third-order valence-corrected chi connectivity index (χ3v) is 6.35. The summed E-state index contributed by atoms with van der Waals surface area (Å²) in [6.45, 7) is 1.81. The number of anilines is 1. The lowest BCUT2D eigenvalue weighted by atomic mass is 10.0. The van der Waals surface area contributed by atoms with Gasteiger partial charge < -0.3 is 15.2 Å². The molecule has 1 aromatic heterocycles. The second-order valence-electron chi connectivity index (χ2n) is 8.80. The van der Waals surface area contributed by atoms with Crippen LogP contribution in [0.3, 0.4) is 0 Å². The van der Waals surface area contributed by atoms with Crippen molar-refractivity contribution in [2.24, 2.45) is 7.05 Å². The lowest BCUT2D eigenvalue weighted by Gasteiger charge is -2.20. The van der Waals surface area contributed by atoms with E-state index in [1.54, 1.807) is 24.3 Å². The summed E-state index contributed by atoms with van der Waals surface area (Å²) in [7, 11) is 1.93. The first-order chi connectivity index (χ1) is 17.9. The number of hydrogen-bond acceptors (Lipinski definition) is 3. The summed E-state index contributed by atoms with van der Waals surface area (Å²) in [4.78, 5) is 31.0. The van der Waals surface area contributed by atoms with Crippen molar-refractivity contribution in [1.29, 1.82) is 0 Å². The molecule has 2 N–H and O–H groups in total. The highest BCUT2D eigenvalue weighted by molar-refractivity contribution is 6.05. The Labute approximate surface area is 213 Å². The lowest BCUT2D eigenvalue weighted by Crippen LogP contribution is -2.31. The quantitative estimate of drug-likeness (QED) is 0.315. The molecule has 0 aliphatic heterocycles. The molecule has 0 aliphatic rings. The van der Waals surface area contributed by atoms with Crippen LogP contribution in [0.2, 0.25) is 0 Å². The molecule has 2 amide bonds. The highest BCUT2D eigenvalue weighted by Crippen LogP contribution is 2.26. The molecule has 0 spiro atoms. The smallest absolute Gasteiger partial charge is 0.258 e. The number of amides is 2. The van der Waals surface area contributed by atoms with Crippen LogP contribution in [0, 0.1) is 12.7 Å². The number of aryl methyl sites for hydroxylation is 2. The molecule has 5 rings (SSSR count). The summed E-state index contributed by atoms with van der Waals surface area (Å²) in [6.07, 6.45) is 0. The number of para-hydroxylation sites is 2. The van der Waals surface area contributed by atoms with Crippen molar-refractivity contribution in [3.8, 4) is 0 Å². The molecule has 1 unspecified atom stereocenters. The fraction of sp³-hybridized carbons (Fsp3) is 0.100. The largest absolute Gasteiger partial charge is 0.338 e. The fourth-order valence-electron chi connectivity index (χ4n) is 4.31. The molecule has 4 aromatic carbocycles. The zero-order valence-corrected chi connectivity index (χ0v) is 20.4. The molecular formula is C30H25FN4O2. The van der Waals surface area contributed by atoms with Gasteiger partial charge in [0.15, 0.2) is 0 Å².